The summed E-state index contributed by atoms with van der Waals surface area (Å²) in [6.07, 6.45) is 0.871. The Morgan fingerprint density at radius 3 is 2.84 bits per heavy atom. The molecule has 4 aromatic rings. The van der Waals surface area contributed by atoms with E-state index in [4.69, 9.17) is 10.2 Å². The number of benzene rings is 2. The number of fused-ring (bicyclic) bond motifs is 1. The molecule has 0 fully saturated rings. The predicted octanol–water partition coefficient (Wildman–Crippen LogP) is 3.24. The second-order valence-electron chi connectivity index (χ2n) is 6.02. The van der Waals surface area contributed by atoms with Gasteiger partial charge in [0.15, 0.2) is 5.82 Å². The molecule has 1 atom stereocenters. The Balaban J connectivity index is 1.50. The molecule has 0 saturated carbocycles. The lowest BCUT2D eigenvalue weighted by Crippen LogP contribution is -2.18. The molecule has 0 aliphatic rings. The lowest BCUT2D eigenvalue weighted by molar-refractivity contribution is 0.570. The monoisotopic (exact) mass is 334 g/mol. The fourth-order valence-electron chi connectivity index (χ4n) is 2.80. The fourth-order valence-corrected chi connectivity index (χ4v) is 2.80. The van der Waals surface area contributed by atoms with Gasteiger partial charge in [0.2, 0.25) is 5.89 Å². The number of hydrogen-bond acceptors (Lipinski definition) is 6. The van der Waals surface area contributed by atoms with Crippen molar-refractivity contribution in [2.75, 3.05) is 11.1 Å². The average molecular weight is 334 g/mol. The van der Waals surface area contributed by atoms with Gasteiger partial charge < -0.3 is 15.5 Å². The van der Waals surface area contributed by atoms with Crippen molar-refractivity contribution in [3.05, 3.63) is 54.1 Å². The Hall–Kier alpha value is -3.35. The standard InChI is InChI=1S/C18H18N6O/c1-11(9-12-5-3-2-4-6-12)20-18-24-23-17(25-18)13-7-8-15-14(10-13)16(19)22-21-15/h2-8,10-11H,9H2,1H3,(H,20,24)(H3,19,21,22)/t11-/m0/s1. The van der Waals surface area contributed by atoms with Crippen molar-refractivity contribution in [1.29, 1.82) is 0 Å². The van der Waals surface area contributed by atoms with E-state index >= 15 is 0 Å². The smallest absolute Gasteiger partial charge is 0.315 e. The van der Waals surface area contributed by atoms with Crippen LogP contribution in [-0.2, 0) is 6.42 Å². The molecule has 2 heterocycles. The number of H-pyrrole nitrogens is 1. The van der Waals surface area contributed by atoms with Crippen molar-refractivity contribution in [1.82, 2.24) is 20.4 Å². The predicted molar refractivity (Wildman–Crippen MR) is 97.0 cm³/mol. The van der Waals surface area contributed by atoms with Gasteiger partial charge in [0.05, 0.1) is 5.52 Å². The SMILES string of the molecule is C[C@@H](Cc1ccccc1)Nc1nnc(-c2ccc3[nH]nc(N)c3c2)o1. The van der Waals surface area contributed by atoms with Crippen molar-refractivity contribution >= 4 is 22.7 Å². The Labute approximate surface area is 144 Å². The highest BCUT2D eigenvalue weighted by Crippen LogP contribution is 2.26. The molecular weight excluding hydrogens is 316 g/mol. The van der Waals surface area contributed by atoms with Crippen LogP contribution in [-0.4, -0.2) is 26.4 Å². The third-order valence-electron chi connectivity index (χ3n) is 4.02. The number of nitrogens with one attached hydrogen (secondary N) is 2. The third kappa shape index (κ3) is 3.16. The summed E-state index contributed by atoms with van der Waals surface area (Å²) in [6, 6.07) is 16.5. The maximum absolute atomic E-state index is 5.85. The molecule has 0 radical (unpaired) electrons. The van der Waals surface area contributed by atoms with E-state index in [-0.39, 0.29) is 6.04 Å². The van der Waals surface area contributed by atoms with E-state index in [0.717, 1.165) is 22.9 Å². The van der Waals surface area contributed by atoms with Gasteiger partial charge in [-0.15, -0.1) is 5.10 Å². The maximum atomic E-state index is 5.85. The van der Waals surface area contributed by atoms with Gasteiger partial charge in [-0.25, -0.2) is 0 Å². The number of nitrogen functional groups attached to an aromatic ring is 1. The lowest BCUT2D eigenvalue weighted by Gasteiger charge is -2.11. The maximum Gasteiger partial charge on any atom is 0.315 e. The Morgan fingerprint density at radius 1 is 1.16 bits per heavy atom. The molecule has 4 rings (SSSR count). The summed E-state index contributed by atoms with van der Waals surface area (Å²) in [5.74, 6) is 0.892. The first-order valence-corrected chi connectivity index (χ1v) is 8.07. The zero-order valence-corrected chi connectivity index (χ0v) is 13.7. The Morgan fingerprint density at radius 2 is 2.00 bits per heavy atom. The number of anilines is 2. The number of nitrogens with two attached hydrogens (primary N) is 1. The van der Waals surface area contributed by atoms with E-state index < -0.39 is 0 Å². The molecule has 0 spiro atoms. The summed E-state index contributed by atoms with van der Waals surface area (Å²) in [5.41, 5.74) is 8.77. The number of aromatic amines is 1. The second kappa shape index (κ2) is 6.27. The normalized spacial score (nSPS) is 12.4. The fraction of sp³-hybridized carbons (Fsp3) is 0.167. The first kappa shape index (κ1) is 15.2. The highest BCUT2D eigenvalue weighted by atomic mass is 16.4. The van der Waals surface area contributed by atoms with E-state index in [9.17, 15) is 0 Å². The molecule has 0 aliphatic carbocycles. The Kier molecular flexibility index (Phi) is 3.81. The van der Waals surface area contributed by atoms with Crippen LogP contribution in [0.2, 0.25) is 0 Å². The third-order valence-corrected chi connectivity index (χ3v) is 4.02. The van der Waals surface area contributed by atoms with E-state index in [2.05, 4.69) is 44.8 Å². The van der Waals surface area contributed by atoms with Gasteiger partial charge in [0.1, 0.15) is 0 Å². The van der Waals surface area contributed by atoms with Gasteiger partial charge in [-0.3, -0.25) is 5.10 Å². The van der Waals surface area contributed by atoms with Crippen LogP contribution < -0.4 is 11.1 Å². The molecule has 0 amide bonds. The molecule has 4 N–H and O–H groups in total. The lowest BCUT2D eigenvalue weighted by atomic mass is 10.1. The van der Waals surface area contributed by atoms with Crippen LogP contribution in [0.3, 0.4) is 0 Å². The summed E-state index contributed by atoms with van der Waals surface area (Å²) in [4.78, 5) is 0. The molecule has 25 heavy (non-hydrogen) atoms. The minimum absolute atomic E-state index is 0.169. The van der Waals surface area contributed by atoms with Crippen LogP contribution >= 0.6 is 0 Å². The minimum Gasteiger partial charge on any atom is -0.403 e. The van der Waals surface area contributed by atoms with E-state index in [1.165, 1.54) is 5.56 Å². The number of nitrogens with zero attached hydrogens (tertiary/aromatic N) is 3. The van der Waals surface area contributed by atoms with Gasteiger partial charge in [0, 0.05) is 17.0 Å². The summed E-state index contributed by atoms with van der Waals surface area (Å²) in [5, 5.41) is 19.1. The van der Waals surface area contributed by atoms with Crippen molar-refractivity contribution in [3.63, 3.8) is 0 Å². The van der Waals surface area contributed by atoms with Gasteiger partial charge in [-0.2, -0.15) is 5.10 Å². The number of aromatic nitrogens is 4. The van der Waals surface area contributed by atoms with Crippen molar-refractivity contribution in [3.8, 4) is 11.5 Å². The molecule has 0 aliphatic heterocycles. The van der Waals surface area contributed by atoms with Crippen molar-refractivity contribution in [2.24, 2.45) is 0 Å². The van der Waals surface area contributed by atoms with Gasteiger partial charge in [0.25, 0.3) is 0 Å². The van der Waals surface area contributed by atoms with Crippen LogP contribution in [0.1, 0.15) is 12.5 Å². The van der Waals surface area contributed by atoms with Gasteiger partial charge >= 0.3 is 6.01 Å². The van der Waals surface area contributed by atoms with Crippen LogP contribution in [0.5, 0.6) is 0 Å². The van der Waals surface area contributed by atoms with Gasteiger partial charge in [-0.05, 0) is 37.1 Å². The second-order valence-corrected chi connectivity index (χ2v) is 6.02. The van der Waals surface area contributed by atoms with Crippen LogP contribution in [0.15, 0.2) is 52.9 Å². The first-order valence-electron chi connectivity index (χ1n) is 8.07. The highest BCUT2D eigenvalue weighted by molar-refractivity contribution is 5.91. The first-order chi connectivity index (χ1) is 12.2. The molecule has 7 heteroatoms. The number of hydrogen-bond donors (Lipinski definition) is 3. The molecule has 2 aromatic heterocycles. The van der Waals surface area contributed by atoms with E-state index in [1.54, 1.807) is 0 Å². The van der Waals surface area contributed by atoms with Crippen LogP contribution in [0.25, 0.3) is 22.4 Å². The largest absolute Gasteiger partial charge is 0.403 e. The van der Waals surface area contributed by atoms with E-state index in [1.807, 2.05) is 36.4 Å². The van der Waals surface area contributed by atoms with Crippen molar-refractivity contribution < 1.29 is 4.42 Å². The molecule has 2 aromatic carbocycles. The molecule has 126 valence electrons. The minimum atomic E-state index is 0.169. The quantitative estimate of drug-likeness (QED) is 0.517. The summed E-state index contributed by atoms with van der Waals surface area (Å²) in [6.45, 7) is 2.08. The van der Waals surface area contributed by atoms with Gasteiger partial charge in [-0.1, -0.05) is 35.4 Å². The highest BCUT2D eigenvalue weighted by Gasteiger charge is 2.13. The van der Waals surface area contributed by atoms with Crippen molar-refractivity contribution in [2.45, 2.75) is 19.4 Å². The summed E-state index contributed by atoms with van der Waals surface area (Å²) < 4.78 is 5.74. The zero-order chi connectivity index (χ0) is 17.2. The molecule has 0 unspecified atom stereocenters. The molecule has 0 bridgehead atoms. The summed E-state index contributed by atoms with van der Waals surface area (Å²) >= 11 is 0. The van der Waals surface area contributed by atoms with E-state index in [0.29, 0.717) is 17.7 Å². The Bertz CT molecular complexity index is 991. The summed E-state index contributed by atoms with van der Waals surface area (Å²) in [7, 11) is 0. The number of rotatable bonds is 5. The molecular formula is C18H18N6O. The molecule has 0 saturated heterocycles. The average Bonchev–Trinajstić information content (AvgIpc) is 3.23. The molecule has 7 nitrogen and oxygen atoms in total. The van der Waals surface area contributed by atoms with Crippen LogP contribution in [0, 0.1) is 0 Å². The zero-order valence-electron chi connectivity index (χ0n) is 13.7. The topological polar surface area (TPSA) is 106 Å². The van der Waals surface area contributed by atoms with Crippen LogP contribution in [0.4, 0.5) is 11.8 Å².